The largest absolute Gasteiger partial charge is 0.0839 e. The third-order valence-corrected chi connectivity index (χ3v) is 8.47. The zero-order valence-electron chi connectivity index (χ0n) is 14.7. The minimum atomic E-state index is 0.467. The number of allylic oxidation sites excluding steroid dienone is 2. The Kier molecular flexibility index (Phi) is 3.00. The summed E-state index contributed by atoms with van der Waals surface area (Å²) in [6.07, 6.45) is 16.0. The van der Waals surface area contributed by atoms with Gasteiger partial charge in [0.1, 0.15) is 0 Å². The van der Waals surface area contributed by atoms with E-state index in [0.717, 1.165) is 17.8 Å². The zero-order valence-corrected chi connectivity index (χ0v) is 14.7. The van der Waals surface area contributed by atoms with Gasteiger partial charge in [0.25, 0.3) is 0 Å². The molecule has 5 atom stereocenters. The topological polar surface area (TPSA) is 0 Å². The molecule has 0 N–H and O–H groups in total. The highest BCUT2D eigenvalue weighted by Crippen LogP contribution is 2.66. The van der Waals surface area contributed by atoms with Gasteiger partial charge in [-0.1, -0.05) is 52.2 Å². The molecule has 0 bridgehead atoms. The molecule has 4 aliphatic carbocycles. The summed E-state index contributed by atoms with van der Waals surface area (Å²) < 4.78 is 0. The van der Waals surface area contributed by atoms with E-state index in [4.69, 9.17) is 0 Å². The molecule has 0 heterocycles. The Labute approximate surface area is 131 Å². The van der Waals surface area contributed by atoms with E-state index < -0.39 is 0 Å². The van der Waals surface area contributed by atoms with Crippen LogP contribution in [0.3, 0.4) is 0 Å². The van der Waals surface area contributed by atoms with Gasteiger partial charge >= 0.3 is 0 Å². The predicted octanol–water partition coefficient (Wildman–Crippen LogP) is 6.37. The second-order valence-electron chi connectivity index (χ2n) is 9.97. The van der Waals surface area contributed by atoms with Crippen molar-refractivity contribution in [2.45, 2.75) is 85.5 Å². The first kappa shape index (κ1) is 14.3. The number of rotatable bonds is 0. The van der Waals surface area contributed by atoms with Gasteiger partial charge in [0.2, 0.25) is 0 Å². The molecule has 0 aromatic rings. The maximum atomic E-state index is 2.73. The van der Waals surface area contributed by atoms with E-state index in [0.29, 0.717) is 16.2 Å². The SMILES string of the molecule is CC1(C)CCC[C@@]2(C)C1=CC[C@@H]1[C@H]3CCC[C@]3(C)CC[C@H]12. The van der Waals surface area contributed by atoms with Crippen LogP contribution in [0.5, 0.6) is 0 Å². The summed E-state index contributed by atoms with van der Waals surface area (Å²) in [5.74, 6) is 3.04. The molecule has 21 heavy (non-hydrogen) atoms. The maximum absolute atomic E-state index is 2.73. The molecule has 0 unspecified atom stereocenters. The average molecular weight is 287 g/mol. The van der Waals surface area contributed by atoms with Crippen LogP contribution in [0.4, 0.5) is 0 Å². The normalized spacial score (nSPS) is 51.6. The summed E-state index contributed by atoms with van der Waals surface area (Å²) in [4.78, 5) is 0. The van der Waals surface area contributed by atoms with Crippen molar-refractivity contribution in [1.82, 2.24) is 0 Å². The lowest BCUT2D eigenvalue weighted by Gasteiger charge is -2.59. The van der Waals surface area contributed by atoms with Crippen molar-refractivity contribution in [2.75, 3.05) is 0 Å². The molecule has 4 aliphatic rings. The van der Waals surface area contributed by atoms with E-state index >= 15 is 0 Å². The summed E-state index contributed by atoms with van der Waals surface area (Å²) in [5, 5.41) is 0. The van der Waals surface area contributed by atoms with Crippen LogP contribution in [0.2, 0.25) is 0 Å². The van der Waals surface area contributed by atoms with Gasteiger partial charge in [0.05, 0.1) is 0 Å². The van der Waals surface area contributed by atoms with E-state index in [1.807, 2.05) is 5.57 Å². The third kappa shape index (κ3) is 1.86. The van der Waals surface area contributed by atoms with Crippen LogP contribution in [0.15, 0.2) is 11.6 Å². The first-order chi connectivity index (χ1) is 9.87. The van der Waals surface area contributed by atoms with Crippen LogP contribution in [0, 0.1) is 34.0 Å². The van der Waals surface area contributed by atoms with Gasteiger partial charge in [0, 0.05) is 0 Å². The summed E-state index contributed by atoms with van der Waals surface area (Å²) in [7, 11) is 0. The van der Waals surface area contributed by atoms with Crippen LogP contribution >= 0.6 is 0 Å². The lowest BCUT2D eigenvalue weighted by atomic mass is 9.45. The summed E-state index contributed by atoms with van der Waals surface area (Å²) in [6, 6.07) is 0. The van der Waals surface area contributed by atoms with Crippen molar-refractivity contribution in [3.63, 3.8) is 0 Å². The van der Waals surface area contributed by atoms with Crippen LogP contribution < -0.4 is 0 Å². The molecule has 0 aromatic heterocycles. The monoisotopic (exact) mass is 286 g/mol. The average Bonchev–Trinajstić information content (AvgIpc) is 2.79. The summed E-state index contributed by atoms with van der Waals surface area (Å²) in [5.41, 5.74) is 3.56. The molecule has 0 heteroatoms. The molecule has 4 rings (SSSR count). The molecule has 0 radical (unpaired) electrons. The zero-order chi connectivity index (χ0) is 14.9. The Bertz CT molecular complexity index is 470. The Morgan fingerprint density at radius 1 is 0.857 bits per heavy atom. The molecule has 3 saturated carbocycles. The van der Waals surface area contributed by atoms with Crippen LogP contribution in [0.1, 0.15) is 85.5 Å². The Balaban J connectivity index is 1.73. The fourth-order valence-electron chi connectivity index (χ4n) is 7.49. The molecule has 0 aliphatic heterocycles. The van der Waals surface area contributed by atoms with Gasteiger partial charge in [-0.05, 0) is 78.9 Å². The number of fused-ring (bicyclic) bond motifs is 5. The molecule has 0 spiro atoms. The molecule has 0 aromatic carbocycles. The summed E-state index contributed by atoms with van der Waals surface area (Å²) in [6.45, 7) is 10.3. The van der Waals surface area contributed by atoms with Crippen LogP contribution in [-0.2, 0) is 0 Å². The Morgan fingerprint density at radius 2 is 1.67 bits per heavy atom. The third-order valence-electron chi connectivity index (χ3n) is 8.47. The van der Waals surface area contributed by atoms with Crippen molar-refractivity contribution >= 4 is 0 Å². The second kappa shape index (κ2) is 4.39. The van der Waals surface area contributed by atoms with Crippen molar-refractivity contribution in [3.8, 4) is 0 Å². The van der Waals surface area contributed by atoms with Gasteiger partial charge in [-0.25, -0.2) is 0 Å². The molecule has 0 saturated heterocycles. The Hall–Kier alpha value is -0.260. The number of hydrogen-bond donors (Lipinski definition) is 0. The molecular formula is C21H34. The predicted molar refractivity (Wildman–Crippen MR) is 90.1 cm³/mol. The first-order valence-corrected chi connectivity index (χ1v) is 9.58. The standard InChI is InChI=1S/C21H34/c1-19(2)11-6-13-21(4)17-10-14-20(3)12-5-7-16(20)15(17)8-9-18(19)21/h9,15-17H,5-8,10-14H2,1-4H3/t15-,16-,17-,20-,21-/m1/s1. The highest BCUT2D eigenvalue weighted by atomic mass is 14.6. The summed E-state index contributed by atoms with van der Waals surface area (Å²) >= 11 is 0. The van der Waals surface area contributed by atoms with E-state index in [1.54, 1.807) is 0 Å². The number of hydrogen-bond acceptors (Lipinski definition) is 0. The van der Waals surface area contributed by atoms with Gasteiger partial charge in [0.15, 0.2) is 0 Å². The molecule has 0 nitrogen and oxygen atoms in total. The highest BCUT2D eigenvalue weighted by Gasteiger charge is 2.57. The fraction of sp³-hybridized carbons (Fsp3) is 0.905. The van der Waals surface area contributed by atoms with Crippen molar-refractivity contribution < 1.29 is 0 Å². The first-order valence-electron chi connectivity index (χ1n) is 9.58. The quantitative estimate of drug-likeness (QED) is 0.454. The van der Waals surface area contributed by atoms with Gasteiger partial charge < -0.3 is 0 Å². The van der Waals surface area contributed by atoms with Crippen molar-refractivity contribution in [3.05, 3.63) is 11.6 Å². The minimum absolute atomic E-state index is 0.467. The van der Waals surface area contributed by atoms with E-state index in [1.165, 1.54) is 57.8 Å². The highest BCUT2D eigenvalue weighted by molar-refractivity contribution is 5.29. The lowest BCUT2D eigenvalue weighted by molar-refractivity contribution is -0.0362. The van der Waals surface area contributed by atoms with Gasteiger partial charge in [-0.3, -0.25) is 0 Å². The Morgan fingerprint density at radius 3 is 2.48 bits per heavy atom. The molecule has 118 valence electrons. The smallest absolute Gasteiger partial charge is 0.00799 e. The van der Waals surface area contributed by atoms with Gasteiger partial charge in [-0.15, -0.1) is 0 Å². The van der Waals surface area contributed by atoms with E-state index in [9.17, 15) is 0 Å². The van der Waals surface area contributed by atoms with Gasteiger partial charge in [-0.2, -0.15) is 0 Å². The van der Waals surface area contributed by atoms with Crippen LogP contribution in [-0.4, -0.2) is 0 Å². The van der Waals surface area contributed by atoms with E-state index in [2.05, 4.69) is 33.8 Å². The molecule has 0 amide bonds. The molecule has 3 fully saturated rings. The van der Waals surface area contributed by atoms with Crippen molar-refractivity contribution in [2.24, 2.45) is 34.0 Å². The maximum Gasteiger partial charge on any atom is -0.00799 e. The minimum Gasteiger partial charge on any atom is -0.0839 e. The fourth-order valence-corrected chi connectivity index (χ4v) is 7.49. The van der Waals surface area contributed by atoms with Crippen molar-refractivity contribution in [1.29, 1.82) is 0 Å². The lowest BCUT2D eigenvalue weighted by Crippen LogP contribution is -2.50. The second-order valence-corrected chi connectivity index (χ2v) is 9.97. The van der Waals surface area contributed by atoms with Crippen LogP contribution in [0.25, 0.3) is 0 Å². The molecular weight excluding hydrogens is 252 g/mol. The van der Waals surface area contributed by atoms with E-state index in [-0.39, 0.29) is 0 Å².